The largest absolute Gasteiger partial charge is 0.383 e. The van der Waals surface area contributed by atoms with Gasteiger partial charge in [0.1, 0.15) is 11.4 Å². The van der Waals surface area contributed by atoms with E-state index < -0.39 is 0 Å². The average molecular weight is 248 g/mol. The van der Waals surface area contributed by atoms with E-state index in [0.29, 0.717) is 17.9 Å². The summed E-state index contributed by atoms with van der Waals surface area (Å²) in [5.41, 5.74) is 6.14. The second kappa shape index (κ2) is 4.91. The Morgan fingerprint density at radius 3 is 2.94 bits per heavy atom. The van der Waals surface area contributed by atoms with Crippen LogP contribution in [0.2, 0.25) is 0 Å². The average Bonchev–Trinajstić information content (AvgIpc) is 2.91. The van der Waals surface area contributed by atoms with Gasteiger partial charge >= 0.3 is 0 Å². The summed E-state index contributed by atoms with van der Waals surface area (Å²) in [6.07, 6.45) is 6.73. The van der Waals surface area contributed by atoms with Crippen LogP contribution >= 0.6 is 0 Å². The van der Waals surface area contributed by atoms with Crippen LogP contribution in [0.5, 0.6) is 0 Å². The van der Waals surface area contributed by atoms with E-state index in [1.165, 1.54) is 10.9 Å². The third kappa shape index (κ3) is 2.50. The SMILES string of the molecule is CC(Cn1ccnc1)NC(=O)c1cnn(C)c1N. The van der Waals surface area contributed by atoms with Gasteiger partial charge in [-0.15, -0.1) is 0 Å². The Morgan fingerprint density at radius 1 is 1.61 bits per heavy atom. The Hall–Kier alpha value is -2.31. The van der Waals surface area contributed by atoms with Crippen molar-refractivity contribution in [1.82, 2.24) is 24.6 Å². The monoisotopic (exact) mass is 248 g/mol. The van der Waals surface area contributed by atoms with Crippen molar-refractivity contribution in [3.05, 3.63) is 30.5 Å². The summed E-state index contributed by atoms with van der Waals surface area (Å²) in [7, 11) is 1.70. The van der Waals surface area contributed by atoms with Crippen molar-refractivity contribution >= 4 is 11.7 Å². The molecule has 0 saturated carbocycles. The molecule has 0 aliphatic heterocycles. The van der Waals surface area contributed by atoms with Crippen LogP contribution in [0.15, 0.2) is 24.9 Å². The van der Waals surface area contributed by atoms with Crippen LogP contribution in [0, 0.1) is 0 Å². The van der Waals surface area contributed by atoms with Crippen molar-refractivity contribution in [2.45, 2.75) is 19.5 Å². The van der Waals surface area contributed by atoms with Crippen molar-refractivity contribution in [1.29, 1.82) is 0 Å². The number of aryl methyl sites for hydroxylation is 1. The molecule has 1 amide bonds. The van der Waals surface area contributed by atoms with Crippen LogP contribution in [0.3, 0.4) is 0 Å². The standard InChI is InChI=1S/C11H16N6O/c1-8(6-17-4-3-13-7-17)15-11(18)9-5-14-16(2)10(9)12/h3-5,7-8H,6,12H2,1-2H3,(H,15,18). The molecule has 0 aromatic carbocycles. The molecule has 2 aromatic rings. The quantitative estimate of drug-likeness (QED) is 0.798. The molecule has 7 nitrogen and oxygen atoms in total. The maximum atomic E-state index is 11.9. The number of anilines is 1. The maximum Gasteiger partial charge on any atom is 0.256 e. The Balaban J connectivity index is 1.97. The summed E-state index contributed by atoms with van der Waals surface area (Å²) < 4.78 is 3.37. The zero-order valence-corrected chi connectivity index (χ0v) is 10.4. The highest BCUT2D eigenvalue weighted by atomic mass is 16.1. The molecule has 0 saturated heterocycles. The predicted octanol–water partition coefficient (Wildman–Crippen LogP) is 0.0173. The van der Waals surface area contributed by atoms with E-state index in [1.807, 2.05) is 17.7 Å². The molecule has 1 atom stereocenters. The van der Waals surface area contributed by atoms with Crippen LogP contribution in [-0.4, -0.2) is 31.3 Å². The number of imidazole rings is 1. The van der Waals surface area contributed by atoms with Crippen molar-refractivity contribution in [2.75, 3.05) is 5.73 Å². The minimum absolute atomic E-state index is 0.0219. The van der Waals surface area contributed by atoms with Gasteiger partial charge in [-0.25, -0.2) is 4.98 Å². The molecule has 2 heterocycles. The molecule has 2 rings (SSSR count). The third-order valence-electron chi connectivity index (χ3n) is 2.65. The van der Waals surface area contributed by atoms with Gasteiger partial charge in [0.15, 0.2) is 0 Å². The van der Waals surface area contributed by atoms with Gasteiger partial charge in [-0.05, 0) is 6.92 Å². The minimum atomic E-state index is -0.215. The summed E-state index contributed by atoms with van der Waals surface area (Å²) in [5.74, 6) is 0.149. The van der Waals surface area contributed by atoms with Crippen molar-refractivity contribution in [2.24, 2.45) is 7.05 Å². The molecular weight excluding hydrogens is 232 g/mol. The van der Waals surface area contributed by atoms with Crippen molar-refractivity contribution < 1.29 is 4.79 Å². The van der Waals surface area contributed by atoms with Gasteiger partial charge in [0, 0.05) is 32.0 Å². The Morgan fingerprint density at radius 2 is 2.39 bits per heavy atom. The first-order chi connectivity index (χ1) is 8.58. The highest BCUT2D eigenvalue weighted by Gasteiger charge is 2.15. The predicted molar refractivity (Wildman–Crippen MR) is 66.8 cm³/mol. The summed E-state index contributed by atoms with van der Waals surface area (Å²) in [6, 6.07) is -0.0219. The van der Waals surface area contributed by atoms with Gasteiger partial charge < -0.3 is 15.6 Å². The van der Waals surface area contributed by atoms with E-state index in [2.05, 4.69) is 15.4 Å². The first-order valence-electron chi connectivity index (χ1n) is 5.62. The van der Waals surface area contributed by atoms with Gasteiger partial charge in [0.2, 0.25) is 0 Å². The van der Waals surface area contributed by atoms with Gasteiger partial charge in [0.25, 0.3) is 5.91 Å². The smallest absolute Gasteiger partial charge is 0.256 e. The molecule has 0 aliphatic carbocycles. The number of hydrogen-bond acceptors (Lipinski definition) is 4. The summed E-state index contributed by atoms with van der Waals surface area (Å²) in [6.45, 7) is 2.58. The van der Waals surface area contributed by atoms with Gasteiger partial charge in [-0.2, -0.15) is 5.10 Å². The van der Waals surface area contributed by atoms with Crippen LogP contribution < -0.4 is 11.1 Å². The molecule has 0 fully saturated rings. The Bertz CT molecular complexity index is 530. The molecular formula is C11H16N6O. The van der Waals surface area contributed by atoms with Gasteiger partial charge in [-0.3, -0.25) is 9.48 Å². The highest BCUT2D eigenvalue weighted by molar-refractivity contribution is 5.98. The zero-order valence-electron chi connectivity index (χ0n) is 10.4. The number of nitrogens with zero attached hydrogens (tertiary/aromatic N) is 4. The molecule has 1 unspecified atom stereocenters. The number of nitrogens with one attached hydrogen (secondary N) is 1. The van der Waals surface area contributed by atoms with Crippen LogP contribution in [0.25, 0.3) is 0 Å². The first-order valence-corrected chi connectivity index (χ1v) is 5.62. The van der Waals surface area contributed by atoms with Crippen LogP contribution in [0.4, 0.5) is 5.82 Å². The first kappa shape index (κ1) is 12.2. The Kier molecular flexibility index (Phi) is 3.31. The van der Waals surface area contributed by atoms with E-state index >= 15 is 0 Å². The summed E-state index contributed by atoms with van der Waals surface area (Å²) in [5, 5.41) is 6.80. The van der Waals surface area contributed by atoms with Crippen LogP contribution in [0.1, 0.15) is 17.3 Å². The molecule has 0 bridgehead atoms. The zero-order chi connectivity index (χ0) is 13.1. The van der Waals surface area contributed by atoms with E-state index in [0.717, 1.165) is 0 Å². The molecule has 7 heteroatoms. The Labute approximate surface area is 105 Å². The minimum Gasteiger partial charge on any atom is -0.383 e. The molecule has 18 heavy (non-hydrogen) atoms. The molecule has 0 aliphatic rings. The maximum absolute atomic E-state index is 11.9. The fraction of sp³-hybridized carbons (Fsp3) is 0.364. The van der Waals surface area contributed by atoms with Gasteiger partial charge in [-0.1, -0.05) is 0 Å². The van der Waals surface area contributed by atoms with E-state index in [1.54, 1.807) is 19.6 Å². The normalized spacial score (nSPS) is 12.3. The van der Waals surface area contributed by atoms with Gasteiger partial charge in [0.05, 0.1) is 12.5 Å². The highest BCUT2D eigenvalue weighted by Crippen LogP contribution is 2.09. The molecule has 96 valence electrons. The van der Waals surface area contributed by atoms with Crippen LogP contribution in [-0.2, 0) is 13.6 Å². The number of nitrogens with two attached hydrogens (primary N) is 1. The number of carbonyl (C=O) groups is 1. The third-order valence-corrected chi connectivity index (χ3v) is 2.65. The van der Waals surface area contributed by atoms with Crippen molar-refractivity contribution in [3.63, 3.8) is 0 Å². The number of carbonyl (C=O) groups excluding carboxylic acids is 1. The molecule has 0 spiro atoms. The number of nitrogen functional groups attached to an aromatic ring is 1. The molecule has 0 radical (unpaired) electrons. The summed E-state index contributed by atoms with van der Waals surface area (Å²) >= 11 is 0. The number of rotatable bonds is 4. The number of hydrogen-bond donors (Lipinski definition) is 2. The lowest BCUT2D eigenvalue weighted by Gasteiger charge is -2.14. The lowest BCUT2D eigenvalue weighted by atomic mass is 10.2. The van der Waals surface area contributed by atoms with Crippen molar-refractivity contribution in [3.8, 4) is 0 Å². The summed E-state index contributed by atoms with van der Waals surface area (Å²) in [4.78, 5) is 15.9. The molecule has 2 aromatic heterocycles. The molecule has 3 N–H and O–H groups in total. The fourth-order valence-corrected chi connectivity index (χ4v) is 1.68. The fourth-order valence-electron chi connectivity index (χ4n) is 1.68. The second-order valence-corrected chi connectivity index (χ2v) is 4.20. The lowest BCUT2D eigenvalue weighted by Crippen LogP contribution is -2.35. The van der Waals surface area contributed by atoms with E-state index in [9.17, 15) is 4.79 Å². The topological polar surface area (TPSA) is 90.8 Å². The second-order valence-electron chi connectivity index (χ2n) is 4.20. The lowest BCUT2D eigenvalue weighted by molar-refractivity contribution is 0.0937. The number of amides is 1. The van der Waals surface area contributed by atoms with E-state index in [4.69, 9.17) is 5.73 Å². The number of aromatic nitrogens is 4. The van der Waals surface area contributed by atoms with E-state index in [-0.39, 0.29) is 11.9 Å².